The third kappa shape index (κ3) is 3.91. The molecular formula is C19H13Cl3N4OS. The maximum absolute atomic E-state index is 12.3. The first-order valence-corrected chi connectivity index (χ1v) is 10.4. The van der Waals surface area contributed by atoms with Crippen LogP contribution < -0.4 is 5.32 Å². The highest BCUT2D eigenvalue weighted by Crippen LogP contribution is 2.28. The number of aryl methyl sites for hydroxylation is 1. The molecule has 28 heavy (non-hydrogen) atoms. The molecule has 0 bridgehead atoms. The molecule has 0 aliphatic rings. The summed E-state index contributed by atoms with van der Waals surface area (Å²) in [4.78, 5) is 12.3. The molecule has 0 saturated heterocycles. The van der Waals surface area contributed by atoms with Gasteiger partial charge < -0.3 is 5.32 Å². The summed E-state index contributed by atoms with van der Waals surface area (Å²) in [5, 5.41) is 14.5. The van der Waals surface area contributed by atoms with E-state index >= 15 is 0 Å². The number of hydrogen-bond acceptors (Lipinski definition) is 4. The number of benzene rings is 2. The number of carbonyl (C=O) groups excluding carboxylic acids is 1. The summed E-state index contributed by atoms with van der Waals surface area (Å²) >= 11 is 19.4. The minimum Gasteiger partial charge on any atom is -0.325 e. The Morgan fingerprint density at radius 2 is 1.79 bits per heavy atom. The lowest BCUT2D eigenvalue weighted by molar-refractivity contribution is -0.113. The van der Waals surface area contributed by atoms with Crippen molar-refractivity contribution in [3.05, 3.63) is 63.1 Å². The quantitative estimate of drug-likeness (QED) is 0.393. The van der Waals surface area contributed by atoms with Crippen molar-refractivity contribution in [2.45, 2.75) is 12.1 Å². The van der Waals surface area contributed by atoms with Gasteiger partial charge in [0, 0.05) is 26.1 Å². The molecule has 2 heterocycles. The van der Waals surface area contributed by atoms with Crippen molar-refractivity contribution in [3.63, 3.8) is 0 Å². The van der Waals surface area contributed by atoms with Crippen molar-refractivity contribution < 1.29 is 4.79 Å². The van der Waals surface area contributed by atoms with Gasteiger partial charge in [0.15, 0.2) is 10.8 Å². The van der Waals surface area contributed by atoms with E-state index in [0.717, 1.165) is 22.1 Å². The molecule has 0 fully saturated rings. The summed E-state index contributed by atoms with van der Waals surface area (Å²) in [6, 6.07) is 12.5. The number of halogens is 3. The van der Waals surface area contributed by atoms with Crippen LogP contribution in [-0.4, -0.2) is 26.3 Å². The average molecular weight is 452 g/mol. The molecule has 1 N–H and O–H groups in total. The van der Waals surface area contributed by atoms with Crippen molar-refractivity contribution in [2.75, 3.05) is 11.1 Å². The maximum Gasteiger partial charge on any atom is 0.234 e. The van der Waals surface area contributed by atoms with Gasteiger partial charge >= 0.3 is 0 Å². The number of rotatable bonds is 4. The van der Waals surface area contributed by atoms with Crippen molar-refractivity contribution >= 4 is 74.7 Å². The molecule has 2 aromatic heterocycles. The van der Waals surface area contributed by atoms with Crippen molar-refractivity contribution in [1.82, 2.24) is 14.6 Å². The number of hydrogen-bond donors (Lipinski definition) is 1. The van der Waals surface area contributed by atoms with Crippen LogP contribution in [0.2, 0.25) is 15.1 Å². The number of anilines is 1. The highest BCUT2D eigenvalue weighted by atomic mass is 35.5. The second kappa shape index (κ2) is 7.79. The number of nitrogens with one attached hydrogen (secondary N) is 1. The Balaban J connectivity index is 1.59. The van der Waals surface area contributed by atoms with Crippen LogP contribution in [0.1, 0.15) is 5.56 Å². The molecular weight excluding hydrogens is 439 g/mol. The Morgan fingerprint density at radius 3 is 2.54 bits per heavy atom. The van der Waals surface area contributed by atoms with Crippen molar-refractivity contribution in [2.24, 2.45) is 0 Å². The van der Waals surface area contributed by atoms with Crippen molar-refractivity contribution in [1.29, 1.82) is 0 Å². The predicted molar refractivity (Wildman–Crippen MR) is 116 cm³/mol. The van der Waals surface area contributed by atoms with Crippen LogP contribution in [0.25, 0.3) is 16.6 Å². The van der Waals surface area contributed by atoms with Gasteiger partial charge in [0.25, 0.3) is 0 Å². The Morgan fingerprint density at radius 1 is 1.04 bits per heavy atom. The molecule has 9 heteroatoms. The largest absolute Gasteiger partial charge is 0.325 e. The van der Waals surface area contributed by atoms with Crippen LogP contribution in [0, 0.1) is 6.92 Å². The molecule has 0 radical (unpaired) electrons. The third-order valence-electron chi connectivity index (χ3n) is 4.11. The summed E-state index contributed by atoms with van der Waals surface area (Å²) in [6.45, 7) is 2.00. The van der Waals surface area contributed by atoms with E-state index in [9.17, 15) is 4.79 Å². The van der Waals surface area contributed by atoms with Crippen LogP contribution in [0.5, 0.6) is 0 Å². The van der Waals surface area contributed by atoms with E-state index in [0.29, 0.717) is 25.9 Å². The maximum atomic E-state index is 12.3. The number of amides is 1. The Bertz CT molecular complexity index is 1200. The van der Waals surface area contributed by atoms with E-state index in [-0.39, 0.29) is 11.7 Å². The lowest BCUT2D eigenvalue weighted by Gasteiger charge is -2.08. The number of nitrogens with zero attached hydrogens (tertiary/aromatic N) is 3. The second-order valence-corrected chi connectivity index (χ2v) is 8.41. The van der Waals surface area contributed by atoms with E-state index in [1.54, 1.807) is 18.2 Å². The van der Waals surface area contributed by atoms with Gasteiger partial charge in [-0.3, -0.25) is 9.20 Å². The summed E-state index contributed by atoms with van der Waals surface area (Å²) in [5.74, 6) is -0.0343. The molecule has 0 unspecified atom stereocenters. The van der Waals surface area contributed by atoms with E-state index in [2.05, 4.69) is 15.5 Å². The Hall–Kier alpha value is -1.99. The Labute approximate surface area is 180 Å². The monoisotopic (exact) mass is 450 g/mol. The fourth-order valence-electron chi connectivity index (χ4n) is 2.94. The zero-order chi connectivity index (χ0) is 19.8. The zero-order valence-corrected chi connectivity index (χ0v) is 17.6. The molecule has 0 aliphatic carbocycles. The lowest BCUT2D eigenvalue weighted by atomic mass is 10.1. The summed E-state index contributed by atoms with van der Waals surface area (Å²) in [5.41, 5.74) is 3.26. The SMILES string of the molecule is Cc1cc2nnc(SCC(=O)Nc3cc(Cl)cc(Cl)c3)n2c2ccc(Cl)cc12. The first-order chi connectivity index (χ1) is 13.4. The molecule has 142 valence electrons. The Kier molecular flexibility index (Phi) is 5.38. The highest BCUT2D eigenvalue weighted by Gasteiger charge is 2.14. The van der Waals surface area contributed by atoms with Gasteiger partial charge in [-0.15, -0.1) is 10.2 Å². The third-order valence-corrected chi connectivity index (χ3v) is 5.71. The van der Waals surface area contributed by atoms with Crippen molar-refractivity contribution in [3.8, 4) is 0 Å². The van der Waals surface area contributed by atoms with Gasteiger partial charge in [0.2, 0.25) is 5.91 Å². The first-order valence-electron chi connectivity index (χ1n) is 8.23. The zero-order valence-electron chi connectivity index (χ0n) is 14.5. The standard InChI is InChI=1S/C19H13Cl3N4OS/c1-10-4-17-24-25-19(26(17)16-3-2-11(20)8-15(10)16)28-9-18(27)23-14-6-12(21)5-13(22)7-14/h2-8H,9H2,1H3,(H,23,27). The summed E-state index contributed by atoms with van der Waals surface area (Å²) in [7, 11) is 0. The van der Waals surface area contributed by atoms with Gasteiger partial charge in [-0.05, 0) is 55.0 Å². The number of aromatic nitrogens is 3. The fourth-order valence-corrected chi connectivity index (χ4v) is 4.39. The van der Waals surface area contributed by atoms with E-state index in [1.807, 2.05) is 35.6 Å². The summed E-state index contributed by atoms with van der Waals surface area (Å²) in [6.07, 6.45) is 0. The van der Waals surface area contributed by atoms with Crippen LogP contribution in [-0.2, 0) is 4.79 Å². The normalized spacial score (nSPS) is 11.3. The van der Waals surface area contributed by atoms with Gasteiger partial charge in [0.05, 0.1) is 11.3 Å². The number of fused-ring (bicyclic) bond motifs is 3. The second-order valence-electron chi connectivity index (χ2n) is 6.16. The molecule has 5 nitrogen and oxygen atoms in total. The molecule has 0 atom stereocenters. The average Bonchev–Trinajstić information content (AvgIpc) is 3.02. The number of carbonyl (C=O) groups is 1. The van der Waals surface area contributed by atoms with Gasteiger partial charge in [0.1, 0.15) is 0 Å². The lowest BCUT2D eigenvalue weighted by Crippen LogP contribution is -2.14. The number of pyridine rings is 1. The molecule has 0 aliphatic heterocycles. The molecule has 4 rings (SSSR count). The van der Waals surface area contributed by atoms with E-state index < -0.39 is 0 Å². The van der Waals surface area contributed by atoms with Gasteiger partial charge in [-0.1, -0.05) is 46.6 Å². The van der Waals surface area contributed by atoms with E-state index in [1.165, 1.54) is 11.8 Å². The van der Waals surface area contributed by atoms with Crippen LogP contribution >= 0.6 is 46.6 Å². The molecule has 1 amide bonds. The minimum atomic E-state index is -0.195. The molecule has 0 spiro atoms. The van der Waals surface area contributed by atoms with Gasteiger partial charge in [-0.25, -0.2) is 0 Å². The van der Waals surface area contributed by atoms with Gasteiger partial charge in [-0.2, -0.15) is 0 Å². The molecule has 0 saturated carbocycles. The summed E-state index contributed by atoms with van der Waals surface area (Å²) < 4.78 is 1.92. The topological polar surface area (TPSA) is 59.3 Å². The molecule has 4 aromatic rings. The smallest absolute Gasteiger partial charge is 0.234 e. The minimum absolute atomic E-state index is 0.161. The van der Waals surface area contributed by atoms with Crippen LogP contribution in [0.4, 0.5) is 5.69 Å². The van der Waals surface area contributed by atoms with Crippen LogP contribution in [0.3, 0.4) is 0 Å². The van der Waals surface area contributed by atoms with E-state index in [4.69, 9.17) is 34.8 Å². The highest BCUT2D eigenvalue weighted by molar-refractivity contribution is 7.99. The fraction of sp³-hybridized carbons (Fsp3) is 0.105. The predicted octanol–water partition coefficient (Wildman–Crippen LogP) is 5.88. The first kappa shape index (κ1) is 19.3. The molecule has 2 aromatic carbocycles. The number of thioether (sulfide) groups is 1. The van der Waals surface area contributed by atoms with Crippen LogP contribution in [0.15, 0.2) is 47.6 Å².